The fourth-order valence-corrected chi connectivity index (χ4v) is 2.70. The van der Waals surface area contributed by atoms with Gasteiger partial charge in [0.15, 0.2) is 0 Å². The summed E-state index contributed by atoms with van der Waals surface area (Å²) < 4.78 is 5.32. The average molecular weight is 369 g/mol. The Morgan fingerprint density at radius 2 is 1.67 bits per heavy atom. The summed E-state index contributed by atoms with van der Waals surface area (Å²) in [4.78, 5) is 24.7. The molecule has 6 heteroatoms. The molecule has 0 aliphatic heterocycles. The summed E-state index contributed by atoms with van der Waals surface area (Å²) >= 11 is 0. The number of para-hydroxylation sites is 2. The molecule has 0 saturated carbocycles. The first-order valence-electron chi connectivity index (χ1n) is 9.03. The van der Waals surface area contributed by atoms with Crippen LogP contribution < -0.4 is 20.7 Å². The number of methoxy groups -OCH3 is 1. The number of nitrogens with one attached hydrogen (secondary N) is 3. The molecule has 2 aromatic rings. The molecule has 2 aromatic carbocycles. The second-order valence-corrected chi connectivity index (χ2v) is 6.54. The number of benzene rings is 2. The van der Waals surface area contributed by atoms with Gasteiger partial charge in [0.05, 0.1) is 7.11 Å². The summed E-state index contributed by atoms with van der Waals surface area (Å²) in [5.41, 5.74) is 1.70. The highest BCUT2D eigenvalue weighted by molar-refractivity contribution is 5.93. The Bertz CT molecular complexity index is 747. The van der Waals surface area contributed by atoms with Crippen molar-refractivity contribution in [1.29, 1.82) is 0 Å². The number of carbonyl (C=O) groups excluding carboxylic acids is 2. The molecule has 0 aromatic heterocycles. The van der Waals surface area contributed by atoms with Gasteiger partial charge in [0.1, 0.15) is 11.8 Å². The van der Waals surface area contributed by atoms with Crippen molar-refractivity contribution >= 4 is 17.6 Å². The van der Waals surface area contributed by atoms with Gasteiger partial charge in [-0.25, -0.2) is 4.79 Å². The second kappa shape index (κ2) is 10.2. The number of hydrogen-bond acceptors (Lipinski definition) is 3. The molecular weight excluding hydrogens is 342 g/mol. The maximum absolute atomic E-state index is 12.5. The van der Waals surface area contributed by atoms with E-state index in [0.29, 0.717) is 18.7 Å². The van der Waals surface area contributed by atoms with Crippen LogP contribution in [-0.2, 0) is 11.2 Å². The largest absolute Gasteiger partial charge is 0.496 e. The lowest BCUT2D eigenvalue weighted by Gasteiger charge is -2.22. The average Bonchev–Trinajstić information content (AvgIpc) is 2.67. The third-order valence-corrected chi connectivity index (χ3v) is 4.15. The van der Waals surface area contributed by atoms with Gasteiger partial charge in [-0.15, -0.1) is 0 Å². The van der Waals surface area contributed by atoms with Gasteiger partial charge in [-0.05, 0) is 36.1 Å². The summed E-state index contributed by atoms with van der Waals surface area (Å²) in [6.07, 6.45) is 0.650. The lowest BCUT2D eigenvalue weighted by atomic mass is 10.0. The van der Waals surface area contributed by atoms with Gasteiger partial charge >= 0.3 is 6.03 Å². The minimum absolute atomic E-state index is 0.0437. The van der Waals surface area contributed by atoms with Crippen molar-refractivity contribution in [2.45, 2.75) is 26.3 Å². The predicted molar refractivity (Wildman–Crippen MR) is 107 cm³/mol. The standard InChI is InChI=1S/C21H27N3O3/c1-15(2)19(24-21(26)23-17-10-5-4-6-11-17)20(25)22-14-13-16-9-7-8-12-18(16)27-3/h4-12,15,19H,13-14H2,1-3H3,(H,22,25)(H2,23,24,26). The molecular formula is C21H27N3O3. The normalized spacial score (nSPS) is 11.6. The third-order valence-electron chi connectivity index (χ3n) is 4.15. The van der Waals surface area contributed by atoms with E-state index in [1.165, 1.54) is 0 Å². The summed E-state index contributed by atoms with van der Waals surface area (Å²) in [6.45, 7) is 4.25. The van der Waals surface area contributed by atoms with Crippen molar-refractivity contribution in [3.05, 3.63) is 60.2 Å². The molecule has 0 bridgehead atoms. The van der Waals surface area contributed by atoms with Crippen LogP contribution >= 0.6 is 0 Å². The van der Waals surface area contributed by atoms with E-state index in [1.807, 2.05) is 56.3 Å². The Labute approximate surface area is 160 Å². The summed E-state index contributed by atoms with van der Waals surface area (Å²) in [6, 6.07) is 15.8. The molecule has 144 valence electrons. The molecule has 0 fully saturated rings. The maximum Gasteiger partial charge on any atom is 0.319 e. The van der Waals surface area contributed by atoms with Crippen LogP contribution in [0.1, 0.15) is 19.4 Å². The summed E-state index contributed by atoms with van der Waals surface area (Å²) in [7, 11) is 1.63. The number of amides is 3. The van der Waals surface area contributed by atoms with Crippen molar-refractivity contribution in [1.82, 2.24) is 10.6 Å². The molecule has 3 amide bonds. The summed E-state index contributed by atoms with van der Waals surface area (Å²) in [5, 5.41) is 8.38. The number of ether oxygens (including phenoxy) is 1. The van der Waals surface area contributed by atoms with Crippen LogP contribution in [0.25, 0.3) is 0 Å². The van der Waals surface area contributed by atoms with E-state index >= 15 is 0 Å². The van der Waals surface area contributed by atoms with Crippen molar-refractivity contribution in [3.63, 3.8) is 0 Å². The van der Waals surface area contributed by atoms with Gasteiger partial charge in [-0.1, -0.05) is 50.2 Å². The SMILES string of the molecule is COc1ccccc1CCNC(=O)C(NC(=O)Nc1ccccc1)C(C)C. The minimum Gasteiger partial charge on any atom is -0.496 e. The molecule has 0 spiro atoms. The number of hydrogen-bond donors (Lipinski definition) is 3. The van der Waals surface area contributed by atoms with Crippen molar-refractivity contribution in [2.24, 2.45) is 5.92 Å². The van der Waals surface area contributed by atoms with Crippen molar-refractivity contribution in [3.8, 4) is 5.75 Å². The molecule has 27 heavy (non-hydrogen) atoms. The van der Waals surface area contributed by atoms with Gasteiger partial charge in [-0.3, -0.25) is 4.79 Å². The van der Waals surface area contributed by atoms with Gasteiger partial charge in [0.25, 0.3) is 0 Å². The zero-order valence-corrected chi connectivity index (χ0v) is 16.0. The fraction of sp³-hybridized carbons (Fsp3) is 0.333. The van der Waals surface area contributed by atoms with E-state index in [4.69, 9.17) is 4.74 Å². The number of anilines is 1. The highest BCUT2D eigenvalue weighted by Crippen LogP contribution is 2.17. The number of urea groups is 1. The van der Waals surface area contributed by atoms with Crippen molar-refractivity contribution < 1.29 is 14.3 Å². The molecule has 1 unspecified atom stereocenters. The maximum atomic E-state index is 12.5. The predicted octanol–water partition coefficient (Wildman–Crippen LogP) is 3.20. The third kappa shape index (κ3) is 6.33. The first kappa shape index (κ1) is 20.3. The summed E-state index contributed by atoms with van der Waals surface area (Å²) in [5.74, 6) is 0.549. The molecule has 0 heterocycles. The molecule has 6 nitrogen and oxygen atoms in total. The van der Waals surface area contributed by atoms with E-state index < -0.39 is 12.1 Å². The van der Waals surface area contributed by atoms with E-state index in [0.717, 1.165) is 11.3 Å². The van der Waals surface area contributed by atoms with Gasteiger partial charge < -0.3 is 20.7 Å². The Morgan fingerprint density at radius 3 is 2.33 bits per heavy atom. The van der Waals surface area contributed by atoms with Crippen LogP contribution in [0.2, 0.25) is 0 Å². The molecule has 2 rings (SSSR count). The lowest BCUT2D eigenvalue weighted by molar-refractivity contribution is -0.123. The first-order chi connectivity index (χ1) is 13.0. The van der Waals surface area contributed by atoms with Gasteiger partial charge in [0, 0.05) is 12.2 Å². The molecule has 1 atom stereocenters. The Balaban J connectivity index is 1.87. The van der Waals surface area contributed by atoms with Crippen LogP contribution in [0, 0.1) is 5.92 Å². The fourth-order valence-electron chi connectivity index (χ4n) is 2.70. The van der Waals surface area contributed by atoms with Crippen LogP contribution in [-0.4, -0.2) is 31.6 Å². The minimum atomic E-state index is -0.619. The van der Waals surface area contributed by atoms with E-state index in [2.05, 4.69) is 16.0 Å². The molecule has 0 aliphatic rings. The zero-order chi connectivity index (χ0) is 19.6. The Kier molecular flexibility index (Phi) is 7.67. The van der Waals surface area contributed by atoms with Crippen LogP contribution in [0.4, 0.5) is 10.5 Å². The Morgan fingerprint density at radius 1 is 1.00 bits per heavy atom. The van der Waals surface area contributed by atoms with E-state index in [1.54, 1.807) is 19.2 Å². The molecule has 0 saturated heterocycles. The molecule has 0 radical (unpaired) electrons. The van der Waals surface area contributed by atoms with Crippen LogP contribution in [0.5, 0.6) is 5.75 Å². The quantitative estimate of drug-likeness (QED) is 0.668. The lowest BCUT2D eigenvalue weighted by Crippen LogP contribution is -2.51. The molecule has 3 N–H and O–H groups in total. The highest BCUT2D eigenvalue weighted by atomic mass is 16.5. The van der Waals surface area contributed by atoms with Gasteiger partial charge in [-0.2, -0.15) is 0 Å². The van der Waals surface area contributed by atoms with E-state index in [9.17, 15) is 9.59 Å². The smallest absolute Gasteiger partial charge is 0.319 e. The highest BCUT2D eigenvalue weighted by Gasteiger charge is 2.24. The first-order valence-corrected chi connectivity index (χ1v) is 9.03. The van der Waals surface area contributed by atoms with Crippen LogP contribution in [0.3, 0.4) is 0 Å². The van der Waals surface area contributed by atoms with Crippen LogP contribution in [0.15, 0.2) is 54.6 Å². The molecule has 0 aliphatic carbocycles. The second-order valence-electron chi connectivity index (χ2n) is 6.54. The topological polar surface area (TPSA) is 79.5 Å². The van der Waals surface area contributed by atoms with Crippen molar-refractivity contribution in [2.75, 3.05) is 19.0 Å². The monoisotopic (exact) mass is 369 g/mol. The van der Waals surface area contributed by atoms with Gasteiger partial charge in [0.2, 0.25) is 5.91 Å². The van der Waals surface area contributed by atoms with E-state index in [-0.39, 0.29) is 11.8 Å². The zero-order valence-electron chi connectivity index (χ0n) is 16.0. The Hall–Kier alpha value is -3.02. The number of carbonyl (C=O) groups is 2. The number of rotatable bonds is 8.